The van der Waals surface area contributed by atoms with Gasteiger partial charge in [-0.05, 0) is 12.5 Å². The lowest BCUT2D eigenvalue weighted by Crippen LogP contribution is -2.41. The molecule has 0 bridgehead atoms. The highest BCUT2D eigenvalue weighted by Gasteiger charge is 2.20. The zero-order valence-corrected chi connectivity index (χ0v) is 11.1. The standard InChI is InChI=1S/C14H19N3O2/c1-2-4-18-13-7-11(16)6-12(8-13)17-3-5-19-14(9-15)10-17/h6-8,14H,2-5,10,16H2,1H3. The molecule has 0 amide bonds. The Hall–Kier alpha value is -1.93. The van der Waals surface area contributed by atoms with Crippen molar-refractivity contribution in [2.45, 2.75) is 19.4 Å². The predicted molar refractivity (Wildman–Crippen MR) is 74.2 cm³/mol. The third kappa shape index (κ3) is 3.52. The highest BCUT2D eigenvalue weighted by atomic mass is 16.5. The molecule has 1 heterocycles. The van der Waals surface area contributed by atoms with Crippen LogP contribution in [0.4, 0.5) is 11.4 Å². The van der Waals surface area contributed by atoms with E-state index in [9.17, 15) is 0 Å². The van der Waals surface area contributed by atoms with Gasteiger partial charge in [0.15, 0.2) is 6.10 Å². The molecule has 1 aliphatic heterocycles. The number of nitrogens with zero attached hydrogens (tertiary/aromatic N) is 2. The Labute approximate surface area is 113 Å². The van der Waals surface area contributed by atoms with E-state index in [-0.39, 0.29) is 6.10 Å². The molecule has 102 valence electrons. The summed E-state index contributed by atoms with van der Waals surface area (Å²) in [6, 6.07) is 7.83. The van der Waals surface area contributed by atoms with Crippen LogP contribution in [0, 0.1) is 11.3 Å². The lowest BCUT2D eigenvalue weighted by Gasteiger charge is -2.32. The van der Waals surface area contributed by atoms with Crippen LogP contribution in [0.2, 0.25) is 0 Å². The number of anilines is 2. The molecule has 2 rings (SSSR count). The van der Waals surface area contributed by atoms with Gasteiger partial charge in [0.05, 0.1) is 25.8 Å². The van der Waals surface area contributed by atoms with Crippen LogP contribution in [0.15, 0.2) is 18.2 Å². The maximum Gasteiger partial charge on any atom is 0.161 e. The van der Waals surface area contributed by atoms with Crippen molar-refractivity contribution in [1.82, 2.24) is 0 Å². The molecule has 5 nitrogen and oxygen atoms in total. The second-order valence-electron chi connectivity index (χ2n) is 4.54. The summed E-state index contributed by atoms with van der Waals surface area (Å²) in [6.07, 6.45) is 0.577. The van der Waals surface area contributed by atoms with Crippen LogP contribution in [0.3, 0.4) is 0 Å². The fourth-order valence-electron chi connectivity index (χ4n) is 2.05. The number of nitriles is 1. The van der Waals surface area contributed by atoms with Gasteiger partial charge in [0.25, 0.3) is 0 Å². The number of rotatable bonds is 4. The van der Waals surface area contributed by atoms with Crippen molar-refractivity contribution >= 4 is 11.4 Å². The van der Waals surface area contributed by atoms with Crippen LogP contribution in [-0.4, -0.2) is 32.4 Å². The second-order valence-corrected chi connectivity index (χ2v) is 4.54. The summed E-state index contributed by atoms with van der Waals surface area (Å²) in [5, 5.41) is 8.93. The van der Waals surface area contributed by atoms with E-state index in [1.165, 1.54) is 0 Å². The molecular weight excluding hydrogens is 242 g/mol. The van der Waals surface area contributed by atoms with E-state index in [1.54, 1.807) is 0 Å². The Bertz CT molecular complexity index is 470. The molecule has 0 aliphatic carbocycles. The Morgan fingerprint density at radius 2 is 2.37 bits per heavy atom. The average molecular weight is 261 g/mol. The lowest BCUT2D eigenvalue weighted by atomic mass is 10.2. The minimum atomic E-state index is -0.379. The summed E-state index contributed by atoms with van der Waals surface area (Å²) in [5.74, 6) is 0.775. The summed E-state index contributed by atoms with van der Waals surface area (Å²) in [4.78, 5) is 2.10. The molecule has 1 fully saturated rings. The molecule has 1 aromatic carbocycles. The molecule has 2 N–H and O–H groups in total. The van der Waals surface area contributed by atoms with Gasteiger partial charge in [-0.15, -0.1) is 0 Å². The van der Waals surface area contributed by atoms with Gasteiger partial charge in [0.1, 0.15) is 5.75 Å². The van der Waals surface area contributed by atoms with Crippen LogP contribution in [0.1, 0.15) is 13.3 Å². The minimum absolute atomic E-state index is 0.379. The first kappa shape index (κ1) is 13.5. The highest BCUT2D eigenvalue weighted by molar-refractivity contribution is 5.61. The summed E-state index contributed by atoms with van der Waals surface area (Å²) in [5.41, 5.74) is 7.55. The average Bonchev–Trinajstić information content (AvgIpc) is 2.44. The first-order valence-corrected chi connectivity index (χ1v) is 6.52. The van der Waals surface area contributed by atoms with Crippen molar-refractivity contribution in [1.29, 1.82) is 5.26 Å². The zero-order valence-electron chi connectivity index (χ0n) is 11.1. The first-order valence-electron chi connectivity index (χ1n) is 6.52. The Balaban J connectivity index is 2.14. The van der Waals surface area contributed by atoms with E-state index in [2.05, 4.69) is 17.9 Å². The third-order valence-electron chi connectivity index (χ3n) is 2.96. The molecule has 0 aromatic heterocycles. The maximum atomic E-state index is 8.93. The van der Waals surface area contributed by atoms with Crippen molar-refractivity contribution < 1.29 is 9.47 Å². The normalized spacial score (nSPS) is 18.9. The SMILES string of the molecule is CCCOc1cc(N)cc(N2CCOC(C#N)C2)c1. The summed E-state index contributed by atoms with van der Waals surface area (Å²) >= 11 is 0. The maximum absolute atomic E-state index is 8.93. The molecule has 1 atom stereocenters. The van der Waals surface area contributed by atoms with Gasteiger partial charge in [-0.25, -0.2) is 0 Å². The molecule has 1 aromatic rings. The van der Waals surface area contributed by atoms with Crippen molar-refractivity contribution in [2.24, 2.45) is 0 Å². The topological polar surface area (TPSA) is 71.5 Å². The predicted octanol–water partition coefficient (Wildman–Crippen LogP) is 1.79. The lowest BCUT2D eigenvalue weighted by molar-refractivity contribution is 0.0764. The van der Waals surface area contributed by atoms with Gasteiger partial charge in [-0.1, -0.05) is 6.92 Å². The Morgan fingerprint density at radius 3 is 3.11 bits per heavy atom. The molecule has 1 aliphatic rings. The number of ether oxygens (including phenoxy) is 2. The van der Waals surface area contributed by atoms with Gasteiger partial charge in [0.2, 0.25) is 0 Å². The number of nitrogens with two attached hydrogens (primary N) is 1. The number of benzene rings is 1. The van der Waals surface area contributed by atoms with E-state index in [0.717, 1.165) is 24.4 Å². The van der Waals surface area contributed by atoms with Crippen LogP contribution in [0.5, 0.6) is 5.75 Å². The van der Waals surface area contributed by atoms with Gasteiger partial charge in [0, 0.05) is 30.1 Å². The summed E-state index contributed by atoms with van der Waals surface area (Å²) in [6.45, 7) is 4.61. The molecular formula is C14H19N3O2. The Kier molecular flexibility index (Phi) is 4.48. The number of hydrogen-bond acceptors (Lipinski definition) is 5. The van der Waals surface area contributed by atoms with Crippen LogP contribution in [-0.2, 0) is 4.74 Å². The molecule has 5 heteroatoms. The summed E-state index contributed by atoms with van der Waals surface area (Å²) < 4.78 is 11.0. The second kappa shape index (κ2) is 6.30. The van der Waals surface area contributed by atoms with E-state index >= 15 is 0 Å². The molecule has 0 spiro atoms. The van der Waals surface area contributed by atoms with Crippen molar-refractivity contribution in [3.8, 4) is 11.8 Å². The Morgan fingerprint density at radius 1 is 1.53 bits per heavy atom. The molecule has 0 radical (unpaired) electrons. The fraction of sp³-hybridized carbons (Fsp3) is 0.500. The van der Waals surface area contributed by atoms with Gasteiger partial charge >= 0.3 is 0 Å². The van der Waals surface area contributed by atoms with E-state index in [1.807, 2.05) is 18.2 Å². The van der Waals surface area contributed by atoms with Gasteiger partial charge in [-0.3, -0.25) is 0 Å². The molecule has 19 heavy (non-hydrogen) atoms. The van der Waals surface area contributed by atoms with E-state index in [0.29, 0.717) is 25.4 Å². The van der Waals surface area contributed by atoms with E-state index in [4.69, 9.17) is 20.5 Å². The fourth-order valence-corrected chi connectivity index (χ4v) is 2.05. The largest absolute Gasteiger partial charge is 0.493 e. The van der Waals surface area contributed by atoms with Crippen LogP contribution < -0.4 is 15.4 Å². The number of hydrogen-bond donors (Lipinski definition) is 1. The molecule has 1 unspecified atom stereocenters. The minimum Gasteiger partial charge on any atom is -0.493 e. The summed E-state index contributed by atoms with van der Waals surface area (Å²) in [7, 11) is 0. The van der Waals surface area contributed by atoms with E-state index < -0.39 is 0 Å². The quantitative estimate of drug-likeness (QED) is 0.837. The number of nitrogen functional groups attached to an aromatic ring is 1. The van der Waals surface area contributed by atoms with Crippen molar-refractivity contribution in [3.05, 3.63) is 18.2 Å². The highest BCUT2D eigenvalue weighted by Crippen LogP contribution is 2.27. The smallest absolute Gasteiger partial charge is 0.161 e. The van der Waals surface area contributed by atoms with Crippen LogP contribution in [0.25, 0.3) is 0 Å². The van der Waals surface area contributed by atoms with Crippen molar-refractivity contribution in [3.63, 3.8) is 0 Å². The monoisotopic (exact) mass is 261 g/mol. The zero-order chi connectivity index (χ0) is 13.7. The van der Waals surface area contributed by atoms with Gasteiger partial charge < -0.3 is 20.1 Å². The van der Waals surface area contributed by atoms with Crippen LogP contribution >= 0.6 is 0 Å². The molecule has 0 saturated carbocycles. The molecule has 1 saturated heterocycles. The number of morpholine rings is 1. The van der Waals surface area contributed by atoms with Gasteiger partial charge in [-0.2, -0.15) is 5.26 Å². The first-order chi connectivity index (χ1) is 9.22. The van der Waals surface area contributed by atoms with Crippen molar-refractivity contribution in [2.75, 3.05) is 36.9 Å². The third-order valence-corrected chi connectivity index (χ3v) is 2.96.